The molecule has 108 valence electrons. The average Bonchev–Trinajstić information content (AvgIpc) is 2.37. The van der Waals surface area contributed by atoms with Crippen LogP contribution < -0.4 is 5.32 Å². The van der Waals surface area contributed by atoms with Crippen LogP contribution >= 0.6 is 0 Å². The third-order valence-corrected chi connectivity index (χ3v) is 3.83. The van der Waals surface area contributed by atoms with Crippen LogP contribution in [0.1, 0.15) is 63.3 Å². The first-order chi connectivity index (χ1) is 9.45. The minimum atomic E-state index is 0.476. The van der Waals surface area contributed by atoms with E-state index in [9.17, 15) is 0 Å². The van der Waals surface area contributed by atoms with Gasteiger partial charge in [0.2, 0.25) is 0 Å². The van der Waals surface area contributed by atoms with Gasteiger partial charge in [0.25, 0.3) is 0 Å². The van der Waals surface area contributed by atoms with E-state index in [1.54, 1.807) is 0 Å². The fraction of sp³-hybridized carbons (Fsp3) is 0.500. The number of nitrogens with one attached hydrogen (secondary N) is 1. The van der Waals surface area contributed by atoms with E-state index < -0.39 is 0 Å². The van der Waals surface area contributed by atoms with Crippen molar-refractivity contribution >= 4 is 16.6 Å². The summed E-state index contributed by atoms with van der Waals surface area (Å²) in [6, 6.07) is 6.66. The molecule has 1 aromatic carbocycles. The Bertz CT molecular complexity index is 612. The normalized spacial score (nSPS) is 11.6. The van der Waals surface area contributed by atoms with E-state index in [2.05, 4.69) is 65.1 Å². The van der Waals surface area contributed by atoms with Crippen LogP contribution in [0.15, 0.2) is 18.2 Å². The van der Waals surface area contributed by atoms with E-state index in [0.717, 1.165) is 17.8 Å². The summed E-state index contributed by atoms with van der Waals surface area (Å²) in [7, 11) is 0. The van der Waals surface area contributed by atoms with Crippen molar-refractivity contribution in [3.8, 4) is 0 Å². The van der Waals surface area contributed by atoms with Gasteiger partial charge in [-0.25, -0.2) is 0 Å². The summed E-state index contributed by atoms with van der Waals surface area (Å²) in [6.07, 6.45) is 0. The molecule has 0 unspecified atom stereocenters. The highest BCUT2D eigenvalue weighted by Crippen LogP contribution is 2.34. The first-order valence-electron chi connectivity index (χ1n) is 7.63. The van der Waals surface area contributed by atoms with Crippen LogP contribution in [-0.2, 0) is 0 Å². The number of nitrogens with zero attached hydrogens (tertiary/aromatic N) is 1. The van der Waals surface area contributed by atoms with Gasteiger partial charge in [-0.3, -0.25) is 4.98 Å². The monoisotopic (exact) mass is 270 g/mol. The lowest BCUT2D eigenvalue weighted by Crippen LogP contribution is -2.07. The average molecular weight is 270 g/mol. The highest BCUT2D eigenvalue weighted by Gasteiger charge is 2.15. The van der Waals surface area contributed by atoms with Crippen LogP contribution in [0.2, 0.25) is 0 Å². The van der Waals surface area contributed by atoms with Crippen LogP contribution in [0, 0.1) is 6.92 Å². The van der Waals surface area contributed by atoms with E-state index in [0.29, 0.717) is 11.8 Å². The Labute approximate surface area is 122 Å². The van der Waals surface area contributed by atoms with Crippen molar-refractivity contribution in [3.63, 3.8) is 0 Å². The molecule has 0 spiro atoms. The van der Waals surface area contributed by atoms with Gasteiger partial charge in [-0.05, 0) is 48.9 Å². The molecule has 0 aliphatic heterocycles. The maximum absolute atomic E-state index is 4.80. The van der Waals surface area contributed by atoms with Crippen molar-refractivity contribution in [3.05, 3.63) is 35.0 Å². The van der Waals surface area contributed by atoms with E-state index >= 15 is 0 Å². The van der Waals surface area contributed by atoms with Gasteiger partial charge in [0.15, 0.2) is 0 Å². The number of aromatic nitrogens is 1. The molecule has 0 atom stereocenters. The zero-order valence-corrected chi connectivity index (χ0v) is 13.5. The van der Waals surface area contributed by atoms with Gasteiger partial charge in [-0.2, -0.15) is 0 Å². The second-order valence-corrected chi connectivity index (χ2v) is 6.10. The number of aryl methyl sites for hydroxylation is 1. The highest BCUT2D eigenvalue weighted by atomic mass is 14.9. The molecule has 0 radical (unpaired) electrons. The third-order valence-electron chi connectivity index (χ3n) is 3.83. The van der Waals surface area contributed by atoms with Gasteiger partial charge in [0, 0.05) is 23.3 Å². The summed E-state index contributed by atoms with van der Waals surface area (Å²) >= 11 is 0. The van der Waals surface area contributed by atoms with Crippen LogP contribution in [-0.4, -0.2) is 11.5 Å². The van der Waals surface area contributed by atoms with Crippen LogP contribution in [0.3, 0.4) is 0 Å². The van der Waals surface area contributed by atoms with Crippen molar-refractivity contribution < 1.29 is 0 Å². The topological polar surface area (TPSA) is 24.9 Å². The predicted molar refractivity (Wildman–Crippen MR) is 88.8 cm³/mol. The van der Waals surface area contributed by atoms with E-state index in [-0.39, 0.29) is 0 Å². The molecule has 1 N–H and O–H groups in total. The standard InChI is InChI=1S/C18H26N2/c1-7-19-18-15-10-14(11(2)3)8-9-16(15)20-13(6)17(18)12(4)5/h8-12H,7H2,1-6H3,(H,19,20). The first kappa shape index (κ1) is 14.8. The lowest BCUT2D eigenvalue weighted by molar-refractivity contribution is 0.846. The summed E-state index contributed by atoms with van der Waals surface area (Å²) in [6.45, 7) is 14.2. The summed E-state index contributed by atoms with van der Waals surface area (Å²) in [5.41, 5.74) is 6.22. The number of anilines is 1. The zero-order valence-electron chi connectivity index (χ0n) is 13.5. The first-order valence-corrected chi connectivity index (χ1v) is 7.63. The molecule has 0 bridgehead atoms. The second kappa shape index (κ2) is 5.82. The Balaban J connectivity index is 2.79. The van der Waals surface area contributed by atoms with E-state index in [4.69, 9.17) is 4.98 Å². The number of pyridine rings is 1. The molecule has 0 aliphatic carbocycles. The van der Waals surface area contributed by atoms with Crippen LogP contribution in [0.25, 0.3) is 10.9 Å². The van der Waals surface area contributed by atoms with E-state index in [1.165, 1.54) is 22.2 Å². The molecule has 2 nitrogen and oxygen atoms in total. The van der Waals surface area contributed by atoms with Gasteiger partial charge in [0.05, 0.1) is 5.52 Å². The summed E-state index contributed by atoms with van der Waals surface area (Å²) in [4.78, 5) is 4.80. The Morgan fingerprint density at radius 2 is 1.80 bits per heavy atom. The Kier molecular flexibility index (Phi) is 4.32. The minimum Gasteiger partial charge on any atom is -0.384 e. The molecule has 0 saturated carbocycles. The quantitative estimate of drug-likeness (QED) is 0.823. The maximum atomic E-state index is 4.80. The largest absolute Gasteiger partial charge is 0.384 e. The Morgan fingerprint density at radius 1 is 1.10 bits per heavy atom. The molecule has 0 aliphatic rings. The fourth-order valence-electron chi connectivity index (χ4n) is 2.85. The Morgan fingerprint density at radius 3 is 2.35 bits per heavy atom. The molecule has 1 aromatic heterocycles. The molecular weight excluding hydrogens is 244 g/mol. The number of rotatable bonds is 4. The smallest absolute Gasteiger partial charge is 0.0726 e. The van der Waals surface area contributed by atoms with Gasteiger partial charge in [0.1, 0.15) is 0 Å². The summed E-state index contributed by atoms with van der Waals surface area (Å²) in [5.74, 6) is 1.02. The van der Waals surface area contributed by atoms with Crippen molar-refractivity contribution in [2.75, 3.05) is 11.9 Å². The van der Waals surface area contributed by atoms with Crippen molar-refractivity contribution in [1.29, 1.82) is 0 Å². The SMILES string of the molecule is CCNc1c(C(C)C)c(C)nc2ccc(C(C)C)cc12. The molecule has 0 amide bonds. The molecule has 0 saturated heterocycles. The predicted octanol–water partition coefficient (Wildman–Crippen LogP) is 5.22. The van der Waals surface area contributed by atoms with E-state index in [1.807, 2.05) is 0 Å². The van der Waals surface area contributed by atoms with Crippen molar-refractivity contribution in [2.45, 2.75) is 53.4 Å². The third kappa shape index (κ3) is 2.65. The zero-order chi connectivity index (χ0) is 14.9. The van der Waals surface area contributed by atoms with Crippen LogP contribution in [0.5, 0.6) is 0 Å². The fourth-order valence-corrected chi connectivity index (χ4v) is 2.85. The summed E-state index contributed by atoms with van der Waals surface area (Å²) < 4.78 is 0. The lowest BCUT2D eigenvalue weighted by Gasteiger charge is -2.20. The number of benzene rings is 1. The van der Waals surface area contributed by atoms with Gasteiger partial charge < -0.3 is 5.32 Å². The number of hydrogen-bond donors (Lipinski definition) is 1. The molecular formula is C18H26N2. The van der Waals surface area contributed by atoms with Gasteiger partial charge >= 0.3 is 0 Å². The number of fused-ring (bicyclic) bond motifs is 1. The molecule has 1 heterocycles. The van der Waals surface area contributed by atoms with Crippen molar-refractivity contribution in [1.82, 2.24) is 4.98 Å². The minimum absolute atomic E-state index is 0.476. The lowest BCUT2D eigenvalue weighted by atomic mass is 9.94. The van der Waals surface area contributed by atoms with Crippen LogP contribution in [0.4, 0.5) is 5.69 Å². The number of hydrogen-bond acceptors (Lipinski definition) is 2. The Hall–Kier alpha value is -1.57. The molecule has 20 heavy (non-hydrogen) atoms. The molecule has 2 rings (SSSR count). The van der Waals surface area contributed by atoms with Crippen molar-refractivity contribution in [2.24, 2.45) is 0 Å². The maximum Gasteiger partial charge on any atom is 0.0726 e. The van der Waals surface area contributed by atoms with Gasteiger partial charge in [-0.1, -0.05) is 33.8 Å². The molecule has 2 aromatic rings. The second-order valence-electron chi connectivity index (χ2n) is 6.10. The van der Waals surface area contributed by atoms with Gasteiger partial charge in [-0.15, -0.1) is 0 Å². The molecule has 2 heteroatoms. The molecule has 0 fully saturated rings. The highest BCUT2D eigenvalue weighted by molar-refractivity contribution is 5.94. The summed E-state index contributed by atoms with van der Waals surface area (Å²) in [5, 5.41) is 4.82.